The zero-order chi connectivity index (χ0) is 19.1. The molecule has 0 radical (unpaired) electrons. The first-order chi connectivity index (χ1) is 13.7. The van der Waals surface area contributed by atoms with E-state index in [0.29, 0.717) is 32.0 Å². The van der Waals surface area contributed by atoms with Crippen LogP contribution in [0.2, 0.25) is 0 Å². The van der Waals surface area contributed by atoms with E-state index in [1.54, 1.807) is 22.4 Å². The van der Waals surface area contributed by atoms with Gasteiger partial charge in [-0.25, -0.2) is 0 Å². The number of hydrogen-bond donors (Lipinski definition) is 1. The number of ether oxygens (including phenoxy) is 2. The normalized spacial score (nSPS) is 23.0. The van der Waals surface area contributed by atoms with Gasteiger partial charge in [0.2, 0.25) is 0 Å². The fourth-order valence-corrected chi connectivity index (χ4v) is 4.53. The fourth-order valence-electron chi connectivity index (χ4n) is 3.70. The number of aromatic nitrogens is 4. The summed E-state index contributed by atoms with van der Waals surface area (Å²) in [7, 11) is 0. The van der Waals surface area contributed by atoms with E-state index in [-0.39, 0.29) is 24.2 Å². The number of thiophene rings is 1. The highest BCUT2D eigenvalue weighted by Crippen LogP contribution is 2.28. The number of carbonyl (C=O) groups excluding carboxylic acids is 1. The molecule has 2 fully saturated rings. The molecule has 0 spiro atoms. The summed E-state index contributed by atoms with van der Waals surface area (Å²) in [6, 6.07) is 7.86. The fraction of sp³-hybridized carbons (Fsp3) is 0.421. The van der Waals surface area contributed by atoms with Gasteiger partial charge in [-0.15, -0.1) is 11.3 Å². The lowest BCUT2D eigenvalue weighted by atomic mass is 10.3. The van der Waals surface area contributed by atoms with Gasteiger partial charge in [0.25, 0.3) is 5.91 Å². The van der Waals surface area contributed by atoms with Gasteiger partial charge in [0.05, 0.1) is 29.8 Å². The van der Waals surface area contributed by atoms with Crippen LogP contribution in [-0.4, -0.2) is 69.3 Å². The molecule has 1 N–H and O–H groups in total. The quantitative estimate of drug-likeness (QED) is 0.729. The largest absolute Gasteiger partial charge is 0.371 e. The molecular weight excluding hydrogens is 378 g/mol. The Morgan fingerprint density at radius 1 is 1.25 bits per heavy atom. The summed E-state index contributed by atoms with van der Waals surface area (Å²) < 4.78 is 14.0. The number of hydrogen-bond acceptors (Lipinski definition) is 6. The van der Waals surface area contributed by atoms with Gasteiger partial charge in [0.15, 0.2) is 5.69 Å². The second kappa shape index (κ2) is 7.16. The molecule has 1 amide bonds. The van der Waals surface area contributed by atoms with Crippen LogP contribution in [0.4, 0.5) is 0 Å². The van der Waals surface area contributed by atoms with Crippen molar-refractivity contribution in [2.45, 2.75) is 25.2 Å². The van der Waals surface area contributed by atoms with Crippen LogP contribution in [0.1, 0.15) is 21.4 Å². The van der Waals surface area contributed by atoms with Gasteiger partial charge < -0.3 is 14.4 Å². The minimum Gasteiger partial charge on any atom is -0.371 e. The molecular formula is C19H21N5O3S. The lowest BCUT2D eigenvalue weighted by molar-refractivity contribution is -0.00461. The maximum atomic E-state index is 12.9. The van der Waals surface area contributed by atoms with Crippen LogP contribution in [-0.2, 0) is 9.47 Å². The molecule has 3 aromatic heterocycles. The van der Waals surface area contributed by atoms with Gasteiger partial charge in [0, 0.05) is 30.4 Å². The first kappa shape index (κ1) is 17.6. The predicted molar refractivity (Wildman–Crippen MR) is 103 cm³/mol. The van der Waals surface area contributed by atoms with Gasteiger partial charge in [-0.1, -0.05) is 0 Å². The van der Waals surface area contributed by atoms with E-state index >= 15 is 0 Å². The van der Waals surface area contributed by atoms with E-state index in [0.717, 1.165) is 10.6 Å². The number of carbonyl (C=O) groups is 1. The number of H-pyrrole nitrogens is 1. The molecule has 146 valence electrons. The van der Waals surface area contributed by atoms with Gasteiger partial charge in [-0.3, -0.25) is 14.6 Å². The van der Waals surface area contributed by atoms with Crippen LogP contribution in [0.25, 0.3) is 10.6 Å². The van der Waals surface area contributed by atoms with E-state index in [2.05, 4.69) is 28.3 Å². The second-order valence-corrected chi connectivity index (χ2v) is 8.46. The maximum Gasteiger partial charge on any atom is 0.274 e. The van der Waals surface area contributed by atoms with E-state index in [1.807, 2.05) is 29.1 Å². The lowest BCUT2D eigenvalue weighted by Gasteiger charge is -2.18. The van der Waals surface area contributed by atoms with Crippen molar-refractivity contribution in [3.63, 3.8) is 0 Å². The van der Waals surface area contributed by atoms with Crippen LogP contribution in [0, 0.1) is 6.92 Å². The molecule has 0 bridgehead atoms. The predicted octanol–water partition coefficient (Wildman–Crippen LogP) is 2.12. The first-order valence-electron chi connectivity index (χ1n) is 9.31. The van der Waals surface area contributed by atoms with Crippen molar-refractivity contribution in [3.05, 3.63) is 47.2 Å². The average molecular weight is 399 g/mol. The molecule has 8 nitrogen and oxygen atoms in total. The summed E-state index contributed by atoms with van der Waals surface area (Å²) in [6.45, 7) is 4.12. The third-order valence-electron chi connectivity index (χ3n) is 5.21. The maximum absolute atomic E-state index is 12.9. The number of rotatable bonds is 3. The molecule has 2 aliphatic rings. The zero-order valence-corrected chi connectivity index (χ0v) is 16.3. The van der Waals surface area contributed by atoms with Crippen LogP contribution in [0.15, 0.2) is 36.7 Å². The monoisotopic (exact) mass is 399 g/mol. The van der Waals surface area contributed by atoms with E-state index in [9.17, 15) is 4.79 Å². The van der Waals surface area contributed by atoms with Gasteiger partial charge >= 0.3 is 0 Å². The van der Waals surface area contributed by atoms with Crippen molar-refractivity contribution in [1.82, 2.24) is 24.9 Å². The van der Waals surface area contributed by atoms with Crippen molar-refractivity contribution in [3.8, 4) is 10.6 Å². The van der Waals surface area contributed by atoms with Crippen LogP contribution in [0.5, 0.6) is 0 Å². The Hall–Kier alpha value is -2.49. The highest BCUT2D eigenvalue weighted by Gasteiger charge is 2.40. The van der Waals surface area contributed by atoms with Crippen LogP contribution in [0.3, 0.4) is 0 Å². The number of likely N-dealkylation sites (tertiary alicyclic amines) is 1. The van der Waals surface area contributed by atoms with Gasteiger partial charge in [0.1, 0.15) is 12.2 Å². The molecule has 5 heterocycles. The van der Waals surface area contributed by atoms with Crippen molar-refractivity contribution >= 4 is 17.2 Å². The third-order valence-corrected chi connectivity index (χ3v) is 6.24. The number of aryl methyl sites for hydroxylation is 1. The zero-order valence-electron chi connectivity index (χ0n) is 15.4. The highest BCUT2D eigenvalue weighted by atomic mass is 32.1. The van der Waals surface area contributed by atoms with Crippen LogP contribution < -0.4 is 0 Å². The minimum absolute atomic E-state index is 0.0629. The number of nitrogens with one attached hydrogen (secondary N) is 1. The number of nitrogens with zero attached hydrogens (tertiary/aromatic N) is 4. The topological polar surface area (TPSA) is 85.3 Å². The van der Waals surface area contributed by atoms with Gasteiger partial charge in [-0.05, 0) is 31.2 Å². The van der Waals surface area contributed by atoms with E-state index in [1.165, 1.54) is 4.88 Å². The average Bonchev–Trinajstić information content (AvgIpc) is 3.48. The summed E-state index contributed by atoms with van der Waals surface area (Å²) in [6.07, 6.45) is 3.42. The molecule has 9 heteroatoms. The van der Waals surface area contributed by atoms with E-state index in [4.69, 9.17) is 9.47 Å². The van der Waals surface area contributed by atoms with Crippen molar-refractivity contribution in [2.75, 3.05) is 26.3 Å². The Labute approximate surface area is 166 Å². The molecule has 0 aliphatic carbocycles. The van der Waals surface area contributed by atoms with Gasteiger partial charge in [-0.2, -0.15) is 10.2 Å². The number of amides is 1. The second-order valence-electron chi connectivity index (χ2n) is 7.17. The van der Waals surface area contributed by atoms with E-state index < -0.39 is 0 Å². The standard InChI is InChI=1S/C19H21N5O3S/c1-12-3-4-18(28-12)14-7-15(22-21-14)19(25)23-8-16-17(9-23)27-11-13(10-26-16)24-6-2-5-20-24/h2-7,13,16-17H,8-11H2,1H3,(H,21,22)/t16-,17-/m0/s1. The van der Waals surface area contributed by atoms with Crippen molar-refractivity contribution < 1.29 is 14.3 Å². The summed E-state index contributed by atoms with van der Waals surface area (Å²) in [5.41, 5.74) is 1.29. The molecule has 0 saturated carbocycles. The summed E-state index contributed by atoms with van der Waals surface area (Å²) in [4.78, 5) is 17.0. The third kappa shape index (κ3) is 3.25. The van der Waals surface area contributed by atoms with Crippen molar-refractivity contribution in [1.29, 1.82) is 0 Å². The summed E-state index contributed by atoms with van der Waals surface area (Å²) >= 11 is 1.67. The molecule has 0 aromatic carbocycles. The molecule has 5 rings (SSSR count). The lowest BCUT2D eigenvalue weighted by Crippen LogP contribution is -2.31. The Kier molecular flexibility index (Phi) is 4.50. The molecule has 2 aliphatic heterocycles. The number of fused-ring (bicyclic) bond motifs is 1. The Morgan fingerprint density at radius 2 is 2.04 bits per heavy atom. The molecule has 2 atom stereocenters. The Balaban J connectivity index is 1.24. The first-order valence-corrected chi connectivity index (χ1v) is 10.1. The van der Waals surface area contributed by atoms with Crippen molar-refractivity contribution in [2.24, 2.45) is 0 Å². The highest BCUT2D eigenvalue weighted by molar-refractivity contribution is 7.15. The molecule has 3 aromatic rings. The summed E-state index contributed by atoms with van der Waals surface area (Å²) in [5, 5.41) is 11.5. The minimum atomic E-state index is -0.122. The molecule has 0 unspecified atom stereocenters. The summed E-state index contributed by atoms with van der Waals surface area (Å²) in [5.74, 6) is -0.0975. The van der Waals surface area contributed by atoms with Crippen LogP contribution >= 0.6 is 11.3 Å². The molecule has 2 saturated heterocycles. The Bertz CT molecular complexity index is 950. The smallest absolute Gasteiger partial charge is 0.274 e. The Morgan fingerprint density at radius 3 is 2.68 bits per heavy atom. The number of aromatic amines is 1. The SMILES string of the molecule is Cc1ccc(-c2cc(C(=O)N3C[C@@H]4OCC(n5cccn5)CO[C@H]4C3)n[nH]2)s1. The molecule has 28 heavy (non-hydrogen) atoms.